The number of piperidine rings is 1. The smallest absolute Gasteiger partial charge is 0.475 e. The normalized spacial score (nSPS) is 20.9. The number of aryl methyl sites for hydroxylation is 1. The van der Waals surface area contributed by atoms with E-state index in [0.29, 0.717) is 12.5 Å². The van der Waals surface area contributed by atoms with Crippen molar-refractivity contribution in [2.24, 2.45) is 11.8 Å². The first kappa shape index (κ1) is 26.3. The summed E-state index contributed by atoms with van der Waals surface area (Å²) in [6.07, 6.45) is 1.39. The lowest BCUT2D eigenvalue weighted by molar-refractivity contribution is -0.192. The van der Waals surface area contributed by atoms with Crippen LogP contribution in [0.1, 0.15) is 55.7 Å². The van der Waals surface area contributed by atoms with E-state index in [1.807, 2.05) is 19.0 Å². The average Bonchev–Trinajstić information content (AvgIpc) is 3.73. The van der Waals surface area contributed by atoms with Crippen LogP contribution >= 0.6 is 0 Å². The van der Waals surface area contributed by atoms with Crippen LogP contribution in [-0.2, 0) is 28.1 Å². The Labute approximate surface area is 208 Å². The number of carboxylic acid groups (broad SMARTS) is 1. The van der Waals surface area contributed by atoms with Gasteiger partial charge in [-0.2, -0.15) is 13.2 Å². The van der Waals surface area contributed by atoms with Crippen molar-refractivity contribution >= 4 is 17.9 Å². The largest absolute Gasteiger partial charge is 0.490 e. The second kappa shape index (κ2) is 9.59. The number of aromatic nitrogens is 2. The third kappa shape index (κ3) is 5.46. The molecule has 2 aliphatic heterocycles. The summed E-state index contributed by atoms with van der Waals surface area (Å²) in [6, 6.07) is 0.0808. The third-order valence-corrected chi connectivity index (χ3v) is 7.59. The van der Waals surface area contributed by atoms with Gasteiger partial charge in [0.1, 0.15) is 5.82 Å². The van der Waals surface area contributed by atoms with Gasteiger partial charge < -0.3 is 24.4 Å². The van der Waals surface area contributed by atoms with Gasteiger partial charge in [-0.3, -0.25) is 4.79 Å². The van der Waals surface area contributed by atoms with Gasteiger partial charge in [0.25, 0.3) is 0 Å². The van der Waals surface area contributed by atoms with Crippen LogP contribution in [0, 0.1) is 18.8 Å². The summed E-state index contributed by atoms with van der Waals surface area (Å²) in [6.45, 7) is 6.10. The summed E-state index contributed by atoms with van der Waals surface area (Å²) >= 11 is 0. The molecule has 9 nitrogen and oxygen atoms in total. The van der Waals surface area contributed by atoms with E-state index in [1.54, 1.807) is 4.90 Å². The quantitative estimate of drug-likeness (QED) is 0.670. The van der Waals surface area contributed by atoms with Gasteiger partial charge >= 0.3 is 18.2 Å². The van der Waals surface area contributed by atoms with Crippen LogP contribution < -0.4 is 0 Å². The highest BCUT2D eigenvalue weighted by molar-refractivity contribution is 5.81. The van der Waals surface area contributed by atoms with E-state index in [1.165, 1.54) is 24.2 Å². The molecule has 1 N–H and O–H groups in total. The monoisotopic (exact) mass is 513 g/mol. The molecule has 1 aromatic heterocycles. The molecule has 12 heteroatoms. The molecular weight excluding hydrogens is 479 g/mol. The average molecular weight is 514 g/mol. The Kier molecular flexibility index (Phi) is 7.00. The molecule has 1 spiro atoms. The lowest BCUT2D eigenvalue weighted by Gasteiger charge is -2.47. The number of likely N-dealkylation sites (tertiary alicyclic amines) is 1. The van der Waals surface area contributed by atoms with Gasteiger partial charge in [-0.05, 0) is 51.4 Å². The number of halogens is 3. The van der Waals surface area contributed by atoms with E-state index in [0.717, 1.165) is 63.6 Å². The molecule has 5 rings (SSSR count). The zero-order valence-electron chi connectivity index (χ0n) is 21.0. The van der Waals surface area contributed by atoms with Crippen LogP contribution in [0.2, 0.25) is 0 Å². The molecule has 3 amide bonds. The lowest BCUT2D eigenvalue weighted by atomic mass is 9.72. The zero-order chi connectivity index (χ0) is 26.4. The first-order valence-corrected chi connectivity index (χ1v) is 12.4. The Morgan fingerprint density at radius 1 is 1.08 bits per heavy atom. The Hall–Kier alpha value is -2.79. The number of aliphatic carboxylic acids is 1. The maximum Gasteiger partial charge on any atom is 0.490 e. The fraction of sp³-hybridized carbons (Fsp3) is 0.750. The molecular formula is C24H34F3N5O4. The first-order valence-electron chi connectivity index (χ1n) is 12.4. The molecule has 0 unspecified atom stereocenters. The van der Waals surface area contributed by atoms with Crippen LogP contribution in [0.5, 0.6) is 0 Å². The molecule has 3 heterocycles. The van der Waals surface area contributed by atoms with Gasteiger partial charge in [-0.25, -0.2) is 14.6 Å². The van der Waals surface area contributed by atoms with E-state index in [4.69, 9.17) is 14.9 Å². The zero-order valence-corrected chi connectivity index (χ0v) is 21.0. The van der Waals surface area contributed by atoms with Crippen molar-refractivity contribution in [3.63, 3.8) is 0 Å². The van der Waals surface area contributed by atoms with Crippen LogP contribution in [0.25, 0.3) is 0 Å². The number of carboxylic acids is 1. The van der Waals surface area contributed by atoms with Crippen molar-refractivity contribution < 1.29 is 32.7 Å². The highest BCUT2D eigenvalue weighted by atomic mass is 19.4. The van der Waals surface area contributed by atoms with Crippen molar-refractivity contribution in [1.82, 2.24) is 24.3 Å². The number of amides is 3. The highest BCUT2D eigenvalue weighted by Crippen LogP contribution is 2.44. The van der Waals surface area contributed by atoms with Crippen LogP contribution in [0.4, 0.5) is 18.0 Å². The van der Waals surface area contributed by atoms with Crippen molar-refractivity contribution in [3.8, 4) is 0 Å². The second-order valence-electron chi connectivity index (χ2n) is 10.7. The first-order chi connectivity index (χ1) is 16.8. The number of hydrogen-bond acceptors (Lipinski definition) is 4. The van der Waals surface area contributed by atoms with E-state index in [-0.39, 0.29) is 17.4 Å². The minimum atomic E-state index is -5.08. The molecule has 0 bridgehead atoms. The van der Waals surface area contributed by atoms with E-state index in [9.17, 15) is 22.8 Å². The maximum absolute atomic E-state index is 13.0. The molecule has 1 aromatic rings. The fourth-order valence-corrected chi connectivity index (χ4v) is 5.22. The Morgan fingerprint density at radius 2 is 1.67 bits per heavy atom. The molecule has 0 radical (unpaired) electrons. The Morgan fingerprint density at radius 3 is 2.14 bits per heavy atom. The Bertz CT molecular complexity index is 1020. The predicted molar refractivity (Wildman–Crippen MR) is 123 cm³/mol. The number of carbonyl (C=O) groups is 3. The standard InChI is InChI=1S/C22H33N5O2.C2HF3O2/c1-15-23-19-18(27(15)12-16-4-5-16)13-26(20(28)17-6-7-17)14-22(19)8-10-25(11-9-22)21(29)24(2)3;3-2(4,5)1(6)7/h16-17H,4-14H2,1-3H3;(H,6,7). The minimum absolute atomic E-state index is 0.0808. The van der Waals surface area contributed by atoms with Crippen molar-refractivity contribution in [2.45, 2.75) is 70.1 Å². The number of carbonyl (C=O) groups excluding carboxylic acids is 2. The molecule has 2 aliphatic carbocycles. The number of fused-ring (bicyclic) bond motifs is 2. The van der Waals surface area contributed by atoms with Gasteiger partial charge in [0.05, 0.1) is 17.9 Å². The fourth-order valence-electron chi connectivity index (χ4n) is 5.22. The van der Waals surface area contributed by atoms with Crippen LogP contribution in [0.15, 0.2) is 0 Å². The van der Waals surface area contributed by atoms with E-state index < -0.39 is 12.1 Å². The van der Waals surface area contributed by atoms with Gasteiger partial charge in [0, 0.05) is 51.6 Å². The summed E-state index contributed by atoms with van der Waals surface area (Å²) in [4.78, 5) is 45.2. The topological polar surface area (TPSA) is 99.0 Å². The summed E-state index contributed by atoms with van der Waals surface area (Å²) in [5.41, 5.74) is 2.37. The van der Waals surface area contributed by atoms with Gasteiger partial charge in [0.2, 0.25) is 5.91 Å². The van der Waals surface area contributed by atoms with Gasteiger partial charge in [-0.15, -0.1) is 0 Å². The molecule has 200 valence electrons. The number of rotatable bonds is 3. The predicted octanol–water partition coefficient (Wildman–Crippen LogP) is 3.00. The third-order valence-electron chi connectivity index (χ3n) is 7.59. The molecule has 2 saturated carbocycles. The lowest BCUT2D eigenvalue weighted by Crippen LogP contribution is -2.55. The number of imidazole rings is 1. The molecule has 4 aliphatic rings. The van der Waals surface area contributed by atoms with Crippen LogP contribution in [0.3, 0.4) is 0 Å². The maximum atomic E-state index is 13.0. The minimum Gasteiger partial charge on any atom is -0.475 e. The SMILES string of the molecule is Cc1nc2c(n1CC1CC1)CN(C(=O)C1CC1)CC21CCN(C(=O)N(C)C)CC1.O=C(O)C(F)(F)F. The number of urea groups is 1. The second-order valence-corrected chi connectivity index (χ2v) is 10.7. The van der Waals surface area contributed by atoms with Crippen molar-refractivity contribution in [1.29, 1.82) is 0 Å². The van der Waals surface area contributed by atoms with Gasteiger partial charge in [-0.1, -0.05) is 0 Å². The number of alkyl halides is 3. The molecule has 1 saturated heterocycles. The number of hydrogen-bond donors (Lipinski definition) is 1. The molecule has 3 fully saturated rings. The Balaban J connectivity index is 0.000000384. The number of nitrogens with zero attached hydrogens (tertiary/aromatic N) is 5. The van der Waals surface area contributed by atoms with Crippen LogP contribution in [-0.4, -0.2) is 87.2 Å². The summed E-state index contributed by atoms with van der Waals surface area (Å²) < 4.78 is 34.1. The highest BCUT2D eigenvalue weighted by Gasteiger charge is 2.48. The van der Waals surface area contributed by atoms with E-state index >= 15 is 0 Å². The molecule has 36 heavy (non-hydrogen) atoms. The van der Waals surface area contributed by atoms with Gasteiger partial charge in [0.15, 0.2) is 0 Å². The van der Waals surface area contributed by atoms with E-state index in [2.05, 4.69) is 16.4 Å². The molecule has 0 atom stereocenters. The van der Waals surface area contributed by atoms with Crippen molar-refractivity contribution in [3.05, 3.63) is 17.2 Å². The van der Waals surface area contributed by atoms with Crippen molar-refractivity contribution in [2.75, 3.05) is 33.7 Å². The summed E-state index contributed by atoms with van der Waals surface area (Å²) in [5, 5.41) is 7.12. The summed E-state index contributed by atoms with van der Waals surface area (Å²) in [5.74, 6) is -0.318. The summed E-state index contributed by atoms with van der Waals surface area (Å²) in [7, 11) is 3.62. The molecule has 0 aromatic carbocycles.